The number of halogens is 1. The molecule has 2 aliphatic rings. The van der Waals surface area contributed by atoms with Crippen LogP contribution in [0.2, 0.25) is 0 Å². The minimum atomic E-state index is -0.217. The molecule has 0 amide bonds. The van der Waals surface area contributed by atoms with Crippen LogP contribution in [0.5, 0.6) is 5.75 Å². The molecule has 18 heavy (non-hydrogen) atoms. The number of fused-ring (bicyclic) bond motifs is 1. The van der Waals surface area contributed by atoms with Gasteiger partial charge in [-0.25, -0.2) is 4.39 Å². The van der Waals surface area contributed by atoms with Crippen molar-refractivity contribution in [2.24, 2.45) is 0 Å². The highest BCUT2D eigenvalue weighted by Crippen LogP contribution is 2.45. The summed E-state index contributed by atoms with van der Waals surface area (Å²) in [7, 11) is 1.97. The zero-order valence-corrected chi connectivity index (χ0v) is 11.4. The minimum absolute atomic E-state index is 0.0836. The molecule has 98 valence electrons. The van der Waals surface area contributed by atoms with E-state index >= 15 is 0 Å². The Morgan fingerprint density at radius 2 is 2.17 bits per heavy atom. The second kappa shape index (κ2) is 4.74. The molecule has 1 atom stereocenters. The molecule has 2 nitrogen and oxygen atoms in total. The third kappa shape index (κ3) is 2.12. The van der Waals surface area contributed by atoms with Crippen LogP contribution in [0.25, 0.3) is 0 Å². The lowest BCUT2D eigenvalue weighted by Gasteiger charge is -2.44. The van der Waals surface area contributed by atoms with Gasteiger partial charge in [-0.2, -0.15) is 11.8 Å². The van der Waals surface area contributed by atoms with Gasteiger partial charge < -0.3 is 10.1 Å². The number of rotatable bonds is 1. The average molecular weight is 267 g/mol. The van der Waals surface area contributed by atoms with E-state index in [1.54, 1.807) is 0 Å². The lowest BCUT2D eigenvalue weighted by molar-refractivity contribution is 0.0233. The van der Waals surface area contributed by atoms with Gasteiger partial charge in [0, 0.05) is 24.1 Å². The predicted molar refractivity (Wildman–Crippen MR) is 72.7 cm³/mol. The number of nitrogens with one attached hydrogen (secondary N) is 1. The number of hydrogen-bond donors (Lipinski definition) is 1. The Bertz CT molecular complexity index is 445. The molecule has 0 bridgehead atoms. The summed E-state index contributed by atoms with van der Waals surface area (Å²) in [4.78, 5) is 0. The van der Waals surface area contributed by atoms with Crippen LogP contribution in [0.4, 0.5) is 4.39 Å². The topological polar surface area (TPSA) is 21.3 Å². The van der Waals surface area contributed by atoms with Gasteiger partial charge in [-0.15, -0.1) is 0 Å². The van der Waals surface area contributed by atoms with E-state index in [9.17, 15) is 4.39 Å². The maximum absolute atomic E-state index is 13.4. The van der Waals surface area contributed by atoms with Gasteiger partial charge in [0.25, 0.3) is 0 Å². The first kappa shape index (κ1) is 12.3. The van der Waals surface area contributed by atoms with E-state index in [4.69, 9.17) is 4.74 Å². The fraction of sp³-hybridized carbons (Fsp3) is 0.571. The standard InChI is InChI=1S/C14H18FNOS/c1-16-12-9-14(4-6-18-7-5-14)17-13-8-10(15)2-3-11(12)13/h2-3,8,12,16H,4-7,9H2,1H3. The van der Waals surface area contributed by atoms with Crippen LogP contribution in [-0.2, 0) is 0 Å². The highest BCUT2D eigenvalue weighted by atomic mass is 32.2. The number of benzene rings is 1. The van der Waals surface area contributed by atoms with Gasteiger partial charge >= 0.3 is 0 Å². The fourth-order valence-electron chi connectivity index (χ4n) is 2.95. The molecule has 0 aliphatic carbocycles. The SMILES string of the molecule is CNC1CC2(CCSCC2)Oc2cc(F)ccc21. The van der Waals surface area contributed by atoms with E-state index in [2.05, 4.69) is 5.32 Å². The molecule has 2 aliphatic heterocycles. The lowest BCUT2D eigenvalue weighted by Crippen LogP contribution is -2.46. The quantitative estimate of drug-likeness (QED) is 0.844. The molecule has 0 radical (unpaired) electrons. The van der Waals surface area contributed by atoms with E-state index in [-0.39, 0.29) is 17.5 Å². The van der Waals surface area contributed by atoms with Gasteiger partial charge in [-0.05, 0) is 37.5 Å². The highest BCUT2D eigenvalue weighted by molar-refractivity contribution is 7.99. The Morgan fingerprint density at radius 1 is 1.39 bits per heavy atom. The van der Waals surface area contributed by atoms with Gasteiger partial charge in [0.2, 0.25) is 0 Å². The number of ether oxygens (including phenoxy) is 1. The molecule has 1 aromatic rings. The normalized spacial score (nSPS) is 25.6. The average Bonchev–Trinajstić information content (AvgIpc) is 2.38. The van der Waals surface area contributed by atoms with Crippen molar-refractivity contribution in [2.45, 2.75) is 30.9 Å². The summed E-state index contributed by atoms with van der Waals surface area (Å²) in [5.41, 5.74) is 1.00. The van der Waals surface area contributed by atoms with Crippen molar-refractivity contribution in [2.75, 3.05) is 18.6 Å². The maximum atomic E-state index is 13.4. The van der Waals surface area contributed by atoms with E-state index < -0.39 is 0 Å². The van der Waals surface area contributed by atoms with Crippen LogP contribution in [0.1, 0.15) is 30.9 Å². The molecule has 3 rings (SSSR count). The summed E-state index contributed by atoms with van der Waals surface area (Å²) in [6, 6.07) is 5.16. The number of thioether (sulfide) groups is 1. The van der Waals surface area contributed by atoms with Crippen LogP contribution >= 0.6 is 11.8 Å². The van der Waals surface area contributed by atoms with E-state index in [1.807, 2.05) is 24.9 Å². The van der Waals surface area contributed by atoms with Crippen molar-refractivity contribution in [3.05, 3.63) is 29.6 Å². The third-order valence-corrected chi connectivity index (χ3v) is 4.99. The zero-order chi connectivity index (χ0) is 12.6. The summed E-state index contributed by atoms with van der Waals surface area (Å²) in [6.07, 6.45) is 3.11. The Labute approximate surface area is 111 Å². The molecular weight excluding hydrogens is 249 g/mol. The van der Waals surface area contributed by atoms with Crippen LogP contribution < -0.4 is 10.1 Å². The maximum Gasteiger partial charge on any atom is 0.127 e. The first-order valence-electron chi connectivity index (χ1n) is 6.46. The van der Waals surface area contributed by atoms with Gasteiger partial charge in [0.1, 0.15) is 17.2 Å². The minimum Gasteiger partial charge on any atom is -0.487 e. The second-order valence-corrected chi connectivity index (χ2v) is 6.35. The first-order chi connectivity index (χ1) is 8.72. The summed E-state index contributed by atoms with van der Waals surface area (Å²) >= 11 is 1.98. The molecule has 0 saturated carbocycles. The number of hydrogen-bond acceptors (Lipinski definition) is 3. The highest BCUT2D eigenvalue weighted by Gasteiger charge is 2.41. The Hall–Kier alpha value is -0.740. The lowest BCUT2D eigenvalue weighted by atomic mass is 9.83. The van der Waals surface area contributed by atoms with Gasteiger partial charge in [0.05, 0.1) is 0 Å². The molecule has 1 spiro atoms. The monoisotopic (exact) mass is 267 g/mol. The molecule has 2 heterocycles. The largest absolute Gasteiger partial charge is 0.487 e. The van der Waals surface area contributed by atoms with E-state index in [1.165, 1.54) is 12.1 Å². The molecule has 1 aromatic carbocycles. The fourth-order valence-corrected chi connectivity index (χ4v) is 4.19. The van der Waals surface area contributed by atoms with Crippen molar-refractivity contribution >= 4 is 11.8 Å². The van der Waals surface area contributed by atoms with Crippen molar-refractivity contribution in [3.63, 3.8) is 0 Å². The smallest absolute Gasteiger partial charge is 0.127 e. The Kier molecular flexibility index (Phi) is 3.24. The van der Waals surface area contributed by atoms with E-state index in [0.29, 0.717) is 0 Å². The predicted octanol–water partition coefficient (Wildman–Crippen LogP) is 3.13. The molecule has 1 fully saturated rings. The van der Waals surface area contributed by atoms with Crippen molar-refractivity contribution in [3.8, 4) is 5.75 Å². The van der Waals surface area contributed by atoms with Crippen LogP contribution in [0, 0.1) is 5.82 Å². The summed E-state index contributed by atoms with van der Waals surface area (Å²) in [6.45, 7) is 0. The van der Waals surface area contributed by atoms with Crippen molar-refractivity contribution in [1.82, 2.24) is 5.32 Å². The van der Waals surface area contributed by atoms with Gasteiger partial charge in [0.15, 0.2) is 0 Å². The second-order valence-electron chi connectivity index (χ2n) is 5.12. The molecule has 1 unspecified atom stereocenters. The van der Waals surface area contributed by atoms with Crippen LogP contribution in [0.3, 0.4) is 0 Å². The molecule has 4 heteroatoms. The summed E-state index contributed by atoms with van der Waals surface area (Å²) in [5.74, 6) is 2.79. The van der Waals surface area contributed by atoms with Crippen molar-refractivity contribution in [1.29, 1.82) is 0 Å². The third-order valence-electron chi connectivity index (χ3n) is 4.01. The Balaban J connectivity index is 1.97. The molecule has 1 saturated heterocycles. The zero-order valence-electron chi connectivity index (χ0n) is 10.5. The molecular formula is C14H18FNOS. The van der Waals surface area contributed by atoms with Crippen molar-refractivity contribution < 1.29 is 9.13 Å². The van der Waals surface area contributed by atoms with Crippen LogP contribution in [-0.4, -0.2) is 24.2 Å². The van der Waals surface area contributed by atoms with Gasteiger partial charge in [-0.3, -0.25) is 0 Å². The van der Waals surface area contributed by atoms with E-state index in [0.717, 1.165) is 42.1 Å². The Morgan fingerprint density at radius 3 is 2.89 bits per heavy atom. The summed E-state index contributed by atoms with van der Waals surface area (Å²) < 4.78 is 19.6. The van der Waals surface area contributed by atoms with Gasteiger partial charge in [-0.1, -0.05) is 6.07 Å². The first-order valence-corrected chi connectivity index (χ1v) is 7.61. The molecule has 0 aromatic heterocycles. The van der Waals surface area contributed by atoms with Crippen LogP contribution in [0.15, 0.2) is 18.2 Å². The molecule has 1 N–H and O–H groups in total. The summed E-state index contributed by atoms with van der Waals surface area (Å²) in [5, 5.41) is 3.34.